The van der Waals surface area contributed by atoms with Gasteiger partial charge in [-0.3, -0.25) is 19.4 Å². The van der Waals surface area contributed by atoms with Crippen LogP contribution < -0.4 is 0 Å². The van der Waals surface area contributed by atoms with Crippen LogP contribution in [0.1, 0.15) is 38.5 Å². The van der Waals surface area contributed by atoms with Gasteiger partial charge < -0.3 is 4.74 Å². The van der Waals surface area contributed by atoms with E-state index in [1.165, 1.54) is 6.42 Å². The first-order valence-electron chi connectivity index (χ1n) is 7.45. The summed E-state index contributed by atoms with van der Waals surface area (Å²) >= 11 is 0. The molecule has 3 fully saturated rings. The molecule has 1 saturated carbocycles. The van der Waals surface area contributed by atoms with Crippen molar-refractivity contribution in [3.8, 4) is 0 Å². The van der Waals surface area contributed by atoms with E-state index in [-0.39, 0.29) is 23.9 Å². The Morgan fingerprint density at radius 1 is 1.00 bits per heavy atom. The van der Waals surface area contributed by atoms with Crippen molar-refractivity contribution in [2.75, 3.05) is 26.3 Å². The molecule has 0 spiro atoms. The molecule has 2 aliphatic heterocycles. The average molecular weight is 266 g/mol. The summed E-state index contributed by atoms with van der Waals surface area (Å²) in [6, 6.07) is -0.0573. The van der Waals surface area contributed by atoms with Gasteiger partial charge in [0.1, 0.15) is 0 Å². The van der Waals surface area contributed by atoms with E-state index in [2.05, 4.69) is 4.90 Å². The molecule has 0 aromatic heterocycles. The summed E-state index contributed by atoms with van der Waals surface area (Å²) in [6.45, 7) is 2.87. The van der Waals surface area contributed by atoms with Crippen LogP contribution in [0.4, 0.5) is 0 Å². The molecule has 5 heteroatoms. The van der Waals surface area contributed by atoms with Gasteiger partial charge in [0.2, 0.25) is 11.8 Å². The van der Waals surface area contributed by atoms with Crippen LogP contribution in [0.2, 0.25) is 0 Å². The normalized spacial score (nSPS) is 31.2. The fourth-order valence-electron chi connectivity index (χ4n) is 3.53. The Hall–Kier alpha value is -0.940. The molecule has 0 bridgehead atoms. The van der Waals surface area contributed by atoms with Gasteiger partial charge in [-0.25, -0.2) is 0 Å². The molecule has 3 aliphatic rings. The highest BCUT2D eigenvalue weighted by Crippen LogP contribution is 2.29. The molecular weight excluding hydrogens is 244 g/mol. The van der Waals surface area contributed by atoms with Crippen LogP contribution in [0.15, 0.2) is 0 Å². The second kappa shape index (κ2) is 5.59. The third kappa shape index (κ3) is 2.54. The fourth-order valence-corrected chi connectivity index (χ4v) is 3.53. The van der Waals surface area contributed by atoms with E-state index in [1.54, 1.807) is 4.90 Å². The molecule has 3 rings (SSSR count). The maximum Gasteiger partial charge on any atom is 0.247 e. The van der Waals surface area contributed by atoms with Gasteiger partial charge in [-0.15, -0.1) is 0 Å². The minimum Gasteiger partial charge on any atom is -0.379 e. The lowest BCUT2D eigenvalue weighted by atomic mass is 9.94. The second-order valence-corrected chi connectivity index (χ2v) is 5.76. The van der Waals surface area contributed by atoms with Crippen molar-refractivity contribution in [3.63, 3.8) is 0 Å². The van der Waals surface area contributed by atoms with E-state index in [4.69, 9.17) is 4.74 Å². The molecule has 1 atom stereocenters. The summed E-state index contributed by atoms with van der Waals surface area (Å²) in [5.74, 6) is 0.0761. The van der Waals surface area contributed by atoms with Crippen molar-refractivity contribution >= 4 is 11.8 Å². The smallest absolute Gasteiger partial charge is 0.247 e. The fraction of sp³-hybridized carbons (Fsp3) is 0.857. The first-order valence-corrected chi connectivity index (χ1v) is 7.45. The molecule has 19 heavy (non-hydrogen) atoms. The molecular formula is C14H22N2O3. The zero-order valence-corrected chi connectivity index (χ0v) is 11.3. The zero-order chi connectivity index (χ0) is 13.2. The topological polar surface area (TPSA) is 49.9 Å². The molecule has 0 aromatic rings. The number of ether oxygens (including phenoxy) is 1. The first kappa shape index (κ1) is 13.1. The lowest BCUT2D eigenvalue weighted by molar-refractivity contribution is -0.143. The van der Waals surface area contributed by atoms with Gasteiger partial charge in [-0.1, -0.05) is 19.3 Å². The third-order valence-electron chi connectivity index (χ3n) is 4.59. The highest BCUT2D eigenvalue weighted by atomic mass is 16.5. The van der Waals surface area contributed by atoms with E-state index >= 15 is 0 Å². The number of hydrogen-bond acceptors (Lipinski definition) is 4. The maximum atomic E-state index is 12.5. The number of hydrogen-bond donors (Lipinski definition) is 0. The Morgan fingerprint density at radius 3 is 2.37 bits per heavy atom. The molecule has 106 valence electrons. The monoisotopic (exact) mass is 266 g/mol. The first-order chi connectivity index (χ1) is 9.27. The SMILES string of the molecule is O=C1C[C@@H](N2CCOCC2)C(=O)N1C1CCCCC1. The predicted molar refractivity (Wildman–Crippen MR) is 69.5 cm³/mol. The largest absolute Gasteiger partial charge is 0.379 e. The molecule has 0 radical (unpaired) electrons. The Kier molecular flexibility index (Phi) is 3.84. The van der Waals surface area contributed by atoms with Crippen LogP contribution in [0.5, 0.6) is 0 Å². The van der Waals surface area contributed by atoms with Gasteiger partial charge in [0, 0.05) is 19.1 Å². The van der Waals surface area contributed by atoms with Gasteiger partial charge in [0.05, 0.1) is 25.7 Å². The lowest BCUT2D eigenvalue weighted by Crippen LogP contribution is -2.49. The Bertz CT molecular complexity index is 360. The standard InChI is InChI=1S/C14H22N2O3/c17-13-10-12(15-6-8-19-9-7-15)14(18)16(13)11-4-2-1-3-5-11/h11-12H,1-10H2/t12-/m1/s1. The molecule has 2 saturated heterocycles. The summed E-state index contributed by atoms with van der Waals surface area (Å²) in [5.41, 5.74) is 0. The number of nitrogens with zero attached hydrogens (tertiary/aromatic N) is 2. The summed E-state index contributed by atoms with van der Waals surface area (Å²) in [4.78, 5) is 28.4. The van der Waals surface area contributed by atoms with Crippen molar-refractivity contribution in [2.24, 2.45) is 0 Å². The Morgan fingerprint density at radius 2 is 1.68 bits per heavy atom. The quantitative estimate of drug-likeness (QED) is 0.693. The molecule has 0 unspecified atom stereocenters. The number of likely N-dealkylation sites (tertiary alicyclic amines) is 1. The summed E-state index contributed by atoms with van der Waals surface area (Å²) in [6.07, 6.45) is 5.88. The zero-order valence-electron chi connectivity index (χ0n) is 11.3. The number of carbonyl (C=O) groups is 2. The number of carbonyl (C=O) groups excluding carboxylic acids is 2. The van der Waals surface area contributed by atoms with Crippen LogP contribution in [-0.2, 0) is 14.3 Å². The van der Waals surface area contributed by atoms with Crippen LogP contribution in [0.3, 0.4) is 0 Å². The van der Waals surface area contributed by atoms with Gasteiger partial charge >= 0.3 is 0 Å². The Labute approximate surface area is 113 Å². The second-order valence-electron chi connectivity index (χ2n) is 5.76. The summed E-state index contributed by atoms with van der Waals surface area (Å²) < 4.78 is 5.31. The highest BCUT2D eigenvalue weighted by molar-refractivity contribution is 6.05. The molecule has 5 nitrogen and oxygen atoms in total. The van der Waals surface area contributed by atoms with Crippen LogP contribution in [-0.4, -0.2) is 60.0 Å². The molecule has 2 heterocycles. The lowest BCUT2D eigenvalue weighted by Gasteiger charge is -2.33. The minimum atomic E-state index is -0.224. The van der Waals surface area contributed by atoms with Gasteiger partial charge in [-0.05, 0) is 12.8 Å². The van der Waals surface area contributed by atoms with Crippen molar-refractivity contribution < 1.29 is 14.3 Å². The predicted octanol–water partition coefficient (Wildman–Crippen LogP) is 0.779. The van der Waals surface area contributed by atoms with Crippen molar-refractivity contribution in [2.45, 2.75) is 50.6 Å². The summed E-state index contributed by atoms with van der Waals surface area (Å²) in [5, 5.41) is 0. The van der Waals surface area contributed by atoms with E-state index < -0.39 is 0 Å². The van der Waals surface area contributed by atoms with Crippen molar-refractivity contribution in [1.29, 1.82) is 0 Å². The van der Waals surface area contributed by atoms with Gasteiger partial charge in [-0.2, -0.15) is 0 Å². The highest BCUT2D eigenvalue weighted by Gasteiger charge is 2.45. The summed E-state index contributed by atoms with van der Waals surface area (Å²) in [7, 11) is 0. The van der Waals surface area contributed by atoms with Crippen LogP contribution >= 0.6 is 0 Å². The van der Waals surface area contributed by atoms with Crippen molar-refractivity contribution in [1.82, 2.24) is 9.80 Å². The van der Waals surface area contributed by atoms with E-state index in [9.17, 15) is 9.59 Å². The number of rotatable bonds is 2. The van der Waals surface area contributed by atoms with E-state index in [1.807, 2.05) is 0 Å². The van der Waals surface area contributed by atoms with Crippen molar-refractivity contribution in [3.05, 3.63) is 0 Å². The number of morpholine rings is 1. The average Bonchev–Trinajstić information content (AvgIpc) is 2.76. The molecule has 0 aromatic carbocycles. The molecule has 2 amide bonds. The molecule has 0 N–H and O–H groups in total. The number of imide groups is 1. The molecule has 1 aliphatic carbocycles. The van der Waals surface area contributed by atoms with Crippen LogP contribution in [0, 0.1) is 0 Å². The van der Waals surface area contributed by atoms with E-state index in [0.29, 0.717) is 19.6 Å². The third-order valence-corrected chi connectivity index (χ3v) is 4.59. The minimum absolute atomic E-state index is 0.0355. The van der Waals surface area contributed by atoms with Gasteiger partial charge in [0.25, 0.3) is 0 Å². The maximum absolute atomic E-state index is 12.5. The Balaban J connectivity index is 1.69. The van der Waals surface area contributed by atoms with Crippen LogP contribution in [0.25, 0.3) is 0 Å². The number of amides is 2. The van der Waals surface area contributed by atoms with Gasteiger partial charge in [0.15, 0.2) is 0 Å². The van der Waals surface area contributed by atoms with E-state index in [0.717, 1.165) is 38.8 Å².